The van der Waals surface area contributed by atoms with Crippen molar-refractivity contribution in [1.82, 2.24) is 4.90 Å². The van der Waals surface area contributed by atoms with Crippen molar-refractivity contribution in [2.45, 2.75) is 19.0 Å². The smallest absolute Gasteiger partial charge is 0.332 e. The molecular formula is C27H27N3O6. The Morgan fingerprint density at radius 3 is 1.81 bits per heavy atom. The van der Waals surface area contributed by atoms with Crippen LogP contribution in [0.15, 0.2) is 72.8 Å². The standard InChI is InChI=1S/C27H27N3O6/c1-34-21-10-4-18(5-11-21)17-29-24(16-25(31)28-19-6-12-22(35-2)13-7-19)26(32)30(27(29)33)20-8-14-23(36-3)15-9-20/h4-15,24H,16-17H2,1-3H3,(H,28,31). The topological polar surface area (TPSA) is 97.4 Å². The van der Waals surface area contributed by atoms with Crippen LogP contribution in [0.1, 0.15) is 12.0 Å². The molecule has 1 fully saturated rings. The van der Waals surface area contributed by atoms with Gasteiger partial charge in [0.15, 0.2) is 0 Å². The zero-order valence-corrected chi connectivity index (χ0v) is 20.3. The number of carbonyl (C=O) groups is 3. The number of nitrogens with one attached hydrogen (secondary N) is 1. The summed E-state index contributed by atoms with van der Waals surface area (Å²) < 4.78 is 15.5. The maximum atomic E-state index is 13.5. The summed E-state index contributed by atoms with van der Waals surface area (Å²) in [6, 6.07) is 19.2. The molecule has 0 aliphatic carbocycles. The van der Waals surface area contributed by atoms with E-state index in [0.29, 0.717) is 28.6 Å². The van der Waals surface area contributed by atoms with Crippen LogP contribution in [0.4, 0.5) is 16.2 Å². The fourth-order valence-electron chi connectivity index (χ4n) is 3.97. The molecule has 4 amide bonds. The first-order chi connectivity index (χ1) is 17.4. The number of carbonyl (C=O) groups excluding carboxylic acids is 3. The van der Waals surface area contributed by atoms with Gasteiger partial charge in [-0.2, -0.15) is 0 Å². The van der Waals surface area contributed by atoms with Crippen LogP contribution in [-0.4, -0.2) is 50.1 Å². The second-order valence-electron chi connectivity index (χ2n) is 8.13. The summed E-state index contributed by atoms with van der Waals surface area (Å²) in [5, 5.41) is 2.79. The summed E-state index contributed by atoms with van der Waals surface area (Å²) in [4.78, 5) is 42.3. The minimum Gasteiger partial charge on any atom is -0.497 e. The number of imide groups is 1. The van der Waals surface area contributed by atoms with E-state index in [2.05, 4.69) is 5.32 Å². The van der Waals surface area contributed by atoms with Gasteiger partial charge in [-0.3, -0.25) is 9.59 Å². The van der Waals surface area contributed by atoms with Crippen molar-refractivity contribution in [3.8, 4) is 17.2 Å². The molecule has 0 saturated carbocycles. The number of amides is 4. The first-order valence-electron chi connectivity index (χ1n) is 11.3. The molecule has 1 aliphatic heterocycles. The fraction of sp³-hybridized carbons (Fsp3) is 0.222. The Morgan fingerprint density at radius 2 is 1.28 bits per heavy atom. The van der Waals surface area contributed by atoms with Gasteiger partial charge in [-0.15, -0.1) is 0 Å². The lowest BCUT2D eigenvalue weighted by molar-refractivity contribution is -0.124. The zero-order valence-electron chi connectivity index (χ0n) is 20.3. The first-order valence-corrected chi connectivity index (χ1v) is 11.3. The number of hydrogen-bond donors (Lipinski definition) is 1. The normalized spacial score (nSPS) is 15.1. The monoisotopic (exact) mass is 489 g/mol. The molecule has 4 rings (SSSR count). The molecule has 0 bridgehead atoms. The highest BCUT2D eigenvalue weighted by atomic mass is 16.5. The summed E-state index contributed by atoms with van der Waals surface area (Å²) in [7, 11) is 4.67. The number of ether oxygens (including phenoxy) is 3. The van der Waals surface area contributed by atoms with E-state index < -0.39 is 18.0 Å². The maximum Gasteiger partial charge on any atom is 0.332 e. The van der Waals surface area contributed by atoms with Crippen molar-refractivity contribution in [2.24, 2.45) is 0 Å². The van der Waals surface area contributed by atoms with Gasteiger partial charge in [-0.25, -0.2) is 9.69 Å². The Bertz CT molecular complexity index is 1230. The number of rotatable bonds is 9. The van der Waals surface area contributed by atoms with Gasteiger partial charge in [-0.05, 0) is 66.2 Å². The number of hydrogen-bond acceptors (Lipinski definition) is 6. The summed E-state index contributed by atoms with van der Waals surface area (Å²) >= 11 is 0. The second kappa shape index (κ2) is 10.8. The molecule has 36 heavy (non-hydrogen) atoms. The molecule has 1 atom stereocenters. The SMILES string of the molecule is COc1ccc(CN2C(=O)N(c3ccc(OC)cc3)C(=O)C2CC(=O)Nc2ccc(OC)cc2)cc1. The molecule has 3 aromatic rings. The molecule has 9 heteroatoms. The van der Waals surface area contributed by atoms with Crippen LogP contribution in [0.3, 0.4) is 0 Å². The Labute approximate surface area is 209 Å². The van der Waals surface area contributed by atoms with Gasteiger partial charge in [0.25, 0.3) is 5.91 Å². The van der Waals surface area contributed by atoms with E-state index >= 15 is 0 Å². The molecule has 1 aliphatic rings. The second-order valence-corrected chi connectivity index (χ2v) is 8.13. The molecule has 0 spiro atoms. The molecule has 1 heterocycles. The largest absolute Gasteiger partial charge is 0.497 e. The zero-order chi connectivity index (χ0) is 25.7. The van der Waals surface area contributed by atoms with Gasteiger partial charge in [0, 0.05) is 12.2 Å². The van der Waals surface area contributed by atoms with Crippen LogP contribution in [0, 0.1) is 0 Å². The van der Waals surface area contributed by atoms with Gasteiger partial charge in [0.1, 0.15) is 23.3 Å². The highest BCUT2D eigenvalue weighted by Crippen LogP contribution is 2.30. The van der Waals surface area contributed by atoms with Crippen molar-refractivity contribution >= 4 is 29.2 Å². The van der Waals surface area contributed by atoms with Crippen molar-refractivity contribution < 1.29 is 28.6 Å². The van der Waals surface area contributed by atoms with Crippen LogP contribution in [0.25, 0.3) is 0 Å². The average Bonchev–Trinajstić information content (AvgIpc) is 3.13. The molecule has 3 aromatic carbocycles. The maximum absolute atomic E-state index is 13.5. The number of anilines is 2. The van der Waals surface area contributed by atoms with Gasteiger partial charge < -0.3 is 24.4 Å². The van der Waals surface area contributed by atoms with Crippen molar-refractivity contribution in [1.29, 1.82) is 0 Å². The van der Waals surface area contributed by atoms with Gasteiger partial charge >= 0.3 is 6.03 Å². The van der Waals surface area contributed by atoms with E-state index in [0.717, 1.165) is 10.5 Å². The van der Waals surface area contributed by atoms with Gasteiger partial charge in [0.05, 0.1) is 33.4 Å². The van der Waals surface area contributed by atoms with Crippen LogP contribution >= 0.6 is 0 Å². The lowest BCUT2D eigenvalue weighted by Crippen LogP contribution is -2.37. The molecule has 1 saturated heterocycles. The molecule has 0 radical (unpaired) electrons. The first kappa shape index (κ1) is 24.6. The Kier molecular flexibility index (Phi) is 7.39. The third kappa shape index (κ3) is 5.25. The van der Waals surface area contributed by atoms with Crippen LogP contribution in [0.2, 0.25) is 0 Å². The molecule has 1 N–H and O–H groups in total. The highest BCUT2D eigenvalue weighted by molar-refractivity contribution is 6.22. The van der Waals surface area contributed by atoms with Crippen LogP contribution in [-0.2, 0) is 16.1 Å². The Balaban J connectivity index is 1.58. The van der Waals surface area contributed by atoms with E-state index in [9.17, 15) is 14.4 Å². The quantitative estimate of drug-likeness (QED) is 0.455. The van der Waals surface area contributed by atoms with Gasteiger partial charge in [-0.1, -0.05) is 12.1 Å². The molecule has 9 nitrogen and oxygen atoms in total. The number of methoxy groups -OCH3 is 3. The Morgan fingerprint density at radius 1 is 0.778 bits per heavy atom. The lowest BCUT2D eigenvalue weighted by Gasteiger charge is -2.22. The lowest BCUT2D eigenvalue weighted by atomic mass is 10.1. The third-order valence-electron chi connectivity index (χ3n) is 5.91. The average molecular weight is 490 g/mol. The minimum absolute atomic E-state index is 0.154. The number of benzene rings is 3. The molecular weight excluding hydrogens is 462 g/mol. The number of nitrogens with zero attached hydrogens (tertiary/aromatic N) is 2. The van der Waals surface area contributed by atoms with Crippen LogP contribution in [0.5, 0.6) is 17.2 Å². The third-order valence-corrected chi connectivity index (χ3v) is 5.91. The van der Waals surface area contributed by atoms with E-state index in [1.54, 1.807) is 74.9 Å². The molecule has 186 valence electrons. The van der Waals surface area contributed by atoms with E-state index in [1.165, 1.54) is 12.0 Å². The summed E-state index contributed by atoms with van der Waals surface area (Å²) in [5.41, 5.74) is 1.77. The molecule has 0 aromatic heterocycles. The van der Waals surface area contributed by atoms with E-state index in [-0.39, 0.29) is 18.9 Å². The van der Waals surface area contributed by atoms with Crippen molar-refractivity contribution in [2.75, 3.05) is 31.5 Å². The highest BCUT2D eigenvalue weighted by Gasteiger charge is 2.46. The van der Waals surface area contributed by atoms with Gasteiger partial charge in [0.2, 0.25) is 5.91 Å². The van der Waals surface area contributed by atoms with E-state index in [4.69, 9.17) is 14.2 Å². The minimum atomic E-state index is -0.972. The predicted octanol–water partition coefficient (Wildman–Crippen LogP) is 4.08. The summed E-state index contributed by atoms with van der Waals surface area (Å²) in [6.45, 7) is 0.154. The summed E-state index contributed by atoms with van der Waals surface area (Å²) in [5.74, 6) is 1.08. The number of urea groups is 1. The van der Waals surface area contributed by atoms with E-state index in [1.807, 2.05) is 12.1 Å². The Hall–Kier alpha value is -4.53. The fourth-order valence-corrected chi connectivity index (χ4v) is 3.97. The van der Waals surface area contributed by atoms with Crippen LogP contribution < -0.4 is 24.4 Å². The molecule has 1 unspecified atom stereocenters. The van der Waals surface area contributed by atoms with Crippen molar-refractivity contribution in [3.05, 3.63) is 78.4 Å². The summed E-state index contributed by atoms with van der Waals surface area (Å²) in [6.07, 6.45) is -0.195. The van der Waals surface area contributed by atoms with Crippen molar-refractivity contribution in [3.63, 3.8) is 0 Å². The predicted molar refractivity (Wildman–Crippen MR) is 134 cm³/mol.